The number of aromatic nitrogens is 3. The predicted octanol–water partition coefficient (Wildman–Crippen LogP) is 4.03. The van der Waals surface area contributed by atoms with Crippen LogP contribution in [0, 0.1) is 5.92 Å². The third kappa shape index (κ3) is 2.82. The van der Waals surface area contributed by atoms with Crippen LogP contribution in [0.4, 0.5) is 5.82 Å². The molecule has 3 aromatic rings. The van der Waals surface area contributed by atoms with Gasteiger partial charge in [-0.25, -0.2) is 9.97 Å². The van der Waals surface area contributed by atoms with Crippen LogP contribution in [0.15, 0.2) is 42.7 Å². The first-order valence-corrected chi connectivity index (χ1v) is 7.85. The van der Waals surface area contributed by atoms with E-state index in [0.29, 0.717) is 5.92 Å². The summed E-state index contributed by atoms with van der Waals surface area (Å²) in [7, 11) is 0. The number of nitrogens with zero attached hydrogens (tertiary/aromatic N) is 3. The first-order valence-electron chi connectivity index (χ1n) is 7.85. The maximum absolute atomic E-state index is 4.80. The Kier molecular flexibility index (Phi) is 4.09. The molecule has 0 spiro atoms. The highest BCUT2D eigenvalue weighted by Crippen LogP contribution is 2.23. The van der Waals surface area contributed by atoms with Crippen LogP contribution in [0.1, 0.15) is 26.5 Å². The lowest BCUT2D eigenvalue weighted by atomic mass is 10.1. The van der Waals surface area contributed by atoms with E-state index in [0.717, 1.165) is 35.7 Å². The number of hydrogen-bond donors (Lipinski definition) is 1. The summed E-state index contributed by atoms with van der Waals surface area (Å²) >= 11 is 0. The molecule has 114 valence electrons. The Labute approximate surface area is 131 Å². The molecule has 1 N–H and O–H groups in total. The lowest BCUT2D eigenvalue weighted by Gasteiger charge is -2.12. The average Bonchev–Trinajstić information content (AvgIpc) is 2.96. The Bertz CT molecular complexity index is 759. The summed E-state index contributed by atoms with van der Waals surface area (Å²) in [5.41, 5.74) is 4.18. The molecule has 0 unspecified atom stereocenters. The van der Waals surface area contributed by atoms with E-state index in [9.17, 15) is 0 Å². The zero-order valence-corrected chi connectivity index (χ0v) is 13.4. The highest BCUT2D eigenvalue weighted by Gasteiger charge is 2.12. The molecule has 1 aromatic carbocycles. The summed E-state index contributed by atoms with van der Waals surface area (Å²) < 4.78 is 2.15. The molecule has 0 radical (unpaired) electrons. The summed E-state index contributed by atoms with van der Waals surface area (Å²) in [6.45, 7) is 7.41. The van der Waals surface area contributed by atoms with Crippen molar-refractivity contribution in [3.63, 3.8) is 0 Å². The SMILES string of the molecule is CCc1cnc2c(NCC(C)C)nc(-c3ccccc3)cn12. The van der Waals surface area contributed by atoms with Gasteiger partial charge in [-0.3, -0.25) is 4.40 Å². The van der Waals surface area contributed by atoms with Crippen molar-refractivity contribution in [1.29, 1.82) is 0 Å². The largest absolute Gasteiger partial charge is 0.367 e. The van der Waals surface area contributed by atoms with Crippen molar-refractivity contribution in [2.75, 3.05) is 11.9 Å². The van der Waals surface area contributed by atoms with Gasteiger partial charge in [0.25, 0.3) is 0 Å². The third-order valence-corrected chi connectivity index (χ3v) is 3.68. The van der Waals surface area contributed by atoms with E-state index in [1.807, 2.05) is 24.4 Å². The number of nitrogens with one attached hydrogen (secondary N) is 1. The van der Waals surface area contributed by atoms with Crippen LogP contribution in [-0.2, 0) is 6.42 Å². The van der Waals surface area contributed by atoms with Crippen molar-refractivity contribution in [3.8, 4) is 11.3 Å². The molecule has 3 rings (SSSR count). The first-order chi connectivity index (χ1) is 10.7. The standard InChI is InChI=1S/C18H22N4/c1-4-15-11-20-18-17(19-10-13(2)3)21-16(12-22(15)18)14-8-6-5-7-9-14/h5-9,11-13H,4,10H2,1-3H3,(H,19,21). The van der Waals surface area contributed by atoms with Gasteiger partial charge in [-0.15, -0.1) is 0 Å². The van der Waals surface area contributed by atoms with Gasteiger partial charge in [-0.1, -0.05) is 51.1 Å². The van der Waals surface area contributed by atoms with Crippen LogP contribution in [0.5, 0.6) is 0 Å². The fourth-order valence-electron chi connectivity index (χ4n) is 2.47. The fourth-order valence-corrected chi connectivity index (χ4v) is 2.47. The van der Waals surface area contributed by atoms with Gasteiger partial charge in [0.05, 0.1) is 5.69 Å². The Morgan fingerprint density at radius 3 is 2.64 bits per heavy atom. The second-order valence-corrected chi connectivity index (χ2v) is 5.91. The van der Waals surface area contributed by atoms with Crippen LogP contribution in [-0.4, -0.2) is 20.9 Å². The van der Waals surface area contributed by atoms with Gasteiger partial charge in [0, 0.05) is 30.2 Å². The molecule has 0 aliphatic carbocycles. The van der Waals surface area contributed by atoms with Gasteiger partial charge in [-0.2, -0.15) is 0 Å². The Morgan fingerprint density at radius 2 is 1.95 bits per heavy atom. The summed E-state index contributed by atoms with van der Waals surface area (Å²) in [6.07, 6.45) is 4.96. The number of aryl methyl sites for hydroxylation is 1. The molecule has 4 nitrogen and oxygen atoms in total. The van der Waals surface area contributed by atoms with Crippen LogP contribution in [0.3, 0.4) is 0 Å². The Balaban J connectivity index is 2.13. The van der Waals surface area contributed by atoms with E-state index in [2.05, 4.69) is 53.8 Å². The van der Waals surface area contributed by atoms with Crippen molar-refractivity contribution < 1.29 is 0 Å². The molecule has 0 aliphatic heterocycles. The number of hydrogen-bond acceptors (Lipinski definition) is 3. The summed E-state index contributed by atoms with van der Waals surface area (Å²) in [5, 5.41) is 3.44. The maximum atomic E-state index is 4.80. The molecule has 0 atom stereocenters. The molecular weight excluding hydrogens is 272 g/mol. The van der Waals surface area contributed by atoms with Gasteiger partial charge in [-0.05, 0) is 12.3 Å². The normalized spacial score (nSPS) is 11.3. The number of imidazole rings is 1. The molecule has 0 bridgehead atoms. The molecule has 0 fully saturated rings. The van der Waals surface area contributed by atoms with E-state index in [1.54, 1.807) is 0 Å². The average molecular weight is 294 g/mol. The van der Waals surface area contributed by atoms with E-state index < -0.39 is 0 Å². The lowest BCUT2D eigenvalue weighted by Crippen LogP contribution is -2.11. The monoisotopic (exact) mass is 294 g/mol. The lowest BCUT2D eigenvalue weighted by molar-refractivity contribution is 0.687. The van der Waals surface area contributed by atoms with Crippen LogP contribution >= 0.6 is 0 Å². The van der Waals surface area contributed by atoms with Gasteiger partial charge in [0.15, 0.2) is 11.5 Å². The zero-order valence-electron chi connectivity index (χ0n) is 13.4. The second-order valence-electron chi connectivity index (χ2n) is 5.91. The van der Waals surface area contributed by atoms with E-state index in [-0.39, 0.29) is 0 Å². The zero-order chi connectivity index (χ0) is 15.5. The van der Waals surface area contributed by atoms with E-state index >= 15 is 0 Å². The van der Waals surface area contributed by atoms with Gasteiger partial charge in [0.2, 0.25) is 0 Å². The quantitative estimate of drug-likeness (QED) is 0.772. The molecule has 4 heteroatoms. The summed E-state index contributed by atoms with van der Waals surface area (Å²) in [5.74, 6) is 1.41. The van der Waals surface area contributed by atoms with Crippen LogP contribution < -0.4 is 5.32 Å². The minimum absolute atomic E-state index is 0.558. The first kappa shape index (κ1) is 14.6. The number of rotatable bonds is 5. The van der Waals surface area contributed by atoms with Gasteiger partial charge < -0.3 is 5.32 Å². The molecule has 2 heterocycles. The van der Waals surface area contributed by atoms with Gasteiger partial charge >= 0.3 is 0 Å². The Hall–Kier alpha value is -2.36. The number of fused-ring (bicyclic) bond motifs is 1. The molecule has 0 amide bonds. The smallest absolute Gasteiger partial charge is 0.180 e. The van der Waals surface area contributed by atoms with Crippen molar-refractivity contribution in [3.05, 3.63) is 48.4 Å². The number of benzene rings is 1. The summed E-state index contributed by atoms with van der Waals surface area (Å²) in [6, 6.07) is 10.3. The maximum Gasteiger partial charge on any atom is 0.180 e. The van der Waals surface area contributed by atoms with E-state index in [1.165, 1.54) is 5.69 Å². The highest BCUT2D eigenvalue weighted by atomic mass is 15.1. The van der Waals surface area contributed by atoms with Crippen molar-refractivity contribution in [2.45, 2.75) is 27.2 Å². The van der Waals surface area contributed by atoms with Crippen LogP contribution in [0.25, 0.3) is 16.9 Å². The van der Waals surface area contributed by atoms with Crippen molar-refractivity contribution in [1.82, 2.24) is 14.4 Å². The third-order valence-electron chi connectivity index (χ3n) is 3.68. The second kappa shape index (κ2) is 6.18. The molecule has 22 heavy (non-hydrogen) atoms. The van der Waals surface area contributed by atoms with Crippen molar-refractivity contribution in [2.24, 2.45) is 5.92 Å². The number of anilines is 1. The molecule has 0 saturated carbocycles. The minimum Gasteiger partial charge on any atom is -0.367 e. The predicted molar refractivity (Wildman–Crippen MR) is 91.1 cm³/mol. The molecule has 2 aromatic heterocycles. The van der Waals surface area contributed by atoms with Crippen LogP contribution in [0.2, 0.25) is 0 Å². The van der Waals surface area contributed by atoms with E-state index in [4.69, 9.17) is 4.98 Å². The molecule has 0 saturated heterocycles. The van der Waals surface area contributed by atoms with Crippen molar-refractivity contribution >= 4 is 11.5 Å². The highest BCUT2D eigenvalue weighted by molar-refractivity contribution is 5.69. The topological polar surface area (TPSA) is 42.2 Å². The molecule has 0 aliphatic rings. The molecular formula is C18H22N4. The summed E-state index contributed by atoms with van der Waals surface area (Å²) in [4.78, 5) is 9.34. The van der Waals surface area contributed by atoms with Gasteiger partial charge in [0.1, 0.15) is 0 Å². The Morgan fingerprint density at radius 1 is 1.18 bits per heavy atom. The fraction of sp³-hybridized carbons (Fsp3) is 0.333. The minimum atomic E-state index is 0.558.